The maximum Gasteiger partial charge on any atom is 0.346 e. The fourth-order valence-corrected chi connectivity index (χ4v) is 2.30. The van der Waals surface area contributed by atoms with Crippen molar-refractivity contribution in [3.63, 3.8) is 0 Å². The Morgan fingerprint density at radius 3 is 2.24 bits per heavy atom. The lowest BCUT2D eigenvalue weighted by molar-refractivity contribution is 0.0730. The molecular weight excluding hydrogens is 340 g/mol. The molecule has 0 bridgehead atoms. The lowest BCUT2D eigenvalue weighted by atomic mass is 10.1. The summed E-state index contributed by atoms with van der Waals surface area (Å²) < 4.78 is 63.9. The Bertz CT molecular complexity index is 986. The number of esters is 1. The number of rotatable bonds is 3. The van der Waals surface area contributed by atoms with E-state index in [1.54, 1.807) is 0 Å². The zero-order valence-electron chi connectivity index (χ0n) is 12.8. The van der Waals surface area contributed by atoms with Crippen LogP contribution in [0.2, 0.25) is 0 Å². The SMILES string of the molecule is COc1ccc(C(=O)Oc2ccc3c(F)c(F)c(F)cc3c2)c(F)c1. The van der Waals surface area contributed by atoms with Crippen molar-refractivity contribution in [2.75, 3.05) is 7.11 Å². The van der Waals surface area contributed by atoms with Gasteiger partial charge >= 0.3 is 5.97 Å². The molecule has 0 heterocycles. The minimum Gasteiger partial charge on any atom is -0.497 e. The zero-order valence-corrected chi connectivity index (χ0v) is 12.8. The van der Waals surface area contributed by atoms with E-state index < -0.39 is 29.2 Å². The Hall–Kier alpha value is -3.09. The fourth-order valence-electron chi connectivity index (χ4n) is 2.30. The second-order valence-electron chi connectivity index (χ2n) is 5.10. The van der Waals surface area contributed by atoms with Crippen molar-refractivity contribution in [2.24, 2.45) is 0 Å². The van der Waals surface area contributed by atoms with Crippen LogP contribution >= 0.6 is 0 Å². The monoisotopic (exact) mass is 350 g/mol. The van der Waals surface area contributed by atoms with E-state index in [0.717, 1.165) is 24.3 Å². The van der Waals surface area contributed by atoms with E-state index >= 15 is 0 Å². The third kappa shape index (κ3) is 3.13. The maximum absolute atomic E-state index is 13.9. The quantitative estimate of drug-likeness (QED) is 0.299. The Morgan fingerprint density at radius 2 is 1.56 bits per heavy atom. The van der Waals surface area contributed by atoms with Gasteiger partial charge in [0.25, 0.3) is 0 Å². The van der Waals surface area contributed by atoms with E-state index in [1.807, 2.05) is 0 Å². The Kier molecular flexibility index (Phi) is 4.31. The van der Waals surface area contributed by atoms with Crippen molar-refractivity contribution in [3.05, 3.63) is 71.3 Å². The first-order valence-electron chi connectivity index (χ1n) is 7.03. The summed E-state index contributed by atoms with van der Waals surface area (Å²) in [5.41, 5.74) is -0.336. The molecule has 128 valence electrons. The molecule has 3 rings (SSSR count). The molecule has 0 saturated carbocycles. The van der Waals surface area contributed by atoms with E-state index in [-0.39, 0.29) is 27.8 Å². The number of carbonyl (C=O) groups is 1. The van der Waals surface area contributed by atoms with Crippen LogP contribution in [0.5, 0.6) is 11.5 Å². The van der Waals surface area contributed by atoms with Gasteiger partial charge < -0.3 is 9.47 Å². The molecule has 0 atom stereocenters. The molecule has 0 radical (unpaired) electrons. The van der Waals surface area contributed by atoms with Crippen LogP contribution in [0.4, 0.5) is 17.6 Å². The van der Waals surface area contributed by atoms with Gasteiger partial charge in [-0.25, -0.2) is 22.4 Å². The predicted molar refractivity (Wildman–Crippen MR) is 81.7 cm³/mol. The van der Waals surface area contributed by atoms with Gasteiger partial charge in [0.05, 0.1) is 12.7 Å². The van der Waals surface area contributed by atoms with E-state index in [9.17, 15) is 22.4 Å². The summed E-state index contributed by atoms with van der Waals surface area (Å²) in [6.45, 7) is 0. The summed E-state index contributed by atoms with van der Waals surface area (Å²) in [5, 5.41) is -0.175. The fraction of sp³-hybridized carbons (Fsp3) is 0.0556. The number of ether oxygens (including phenoxy) is 2. The predicted octanol–water partition coefficient (Wildman–Crippen LogP) is 4.62. The van der Waals surface area contributed by atoms with Gasteiger partial charge in [-0.15, -0.1) is 0 Å². The van der Waals surface area contributed by atoms with E-state index in [0.29, 0.717) is 0 Å². The number of benzene rings is 3. The van der Waals surface area contributed by atoms with Gasteiger partial charge in [0.2, 0.25) is 0 Å². The largest absolute Gasteiger partial charge is 0.497 e. The van der Waals surface area contributed by atoms with Gasteiger partial charge in [-0.1, -0.05) is 0 Å². The number of hydrogen-bond acceptors (Lipinski definition) is 3. The Labute approximate surface area is 139 Å². The van der Waals surface area contributed by atoms with Crippen LogP contribution in [0, 0.1) is 23.3 Å². The number of fused-ring (bicyclic) bond motifs is 1. The van der Waals surface area contributed by atoms with Crippen LogP contribution in [0.3, 0.4) is 0 Å². The molecule has 0 spiro atoms. The number of halogens is 4. The van der Waals surface area contributed by atoms with Crippen molar-refractivity contribution < 1.29 is 31.8 Å². The highest BCUT2D eigenvalue weighted by molar-refractivity contribution is 5.92. The molecule has 0 saturated heterocycles. The zero-order chi connectivity index (χ0) is 18.1. The van der Waals surface area contributed by atoms with Crippen molar-refractivity contribution in [1.82, 2.24) is 0 Å². The molecule has 0 aromatic heterocycles. The summed E-state index contributed by atoms with van der Waals surface area (Å²) in [4.78, 5) is 12.0. The van der Waals surface area contributed by atoms with Crippen molar-refractivity contribution in [3.8, 4) is 11.5 Å². The number of carbonyl (C=O) groups excluding carboxylic acids is 1. The van der Waals surface area contributed by atoms with Crippen molar-refractivity contribution >= 4 is 16.7 Å². The lowest BCUT2D eigenvalue weighted by Crippen LogP contribution is -2.10. The first kappa shape index (κ1) is 16.8. The van der Waals surface area contributed by atoms with Crippen LogP contribution in [-0.2, 0) is 0 Å². The molecule has 0 aliphatic heterocycles. The standard InChI is InChI=1S/C18H10F4O3/c1-24-10-2-5-13(14(19)8-10)18(23)25-11-3-4-12-9(6-11)7-15(20)17(22)16(12)21/h2-8H,1H3. The molecule has 3 aromatic rings. The van der Waals surface area contributed by atoms with Crippen molar-refractivity contribution in [1.29, 1.82) is 0 Å². The summed E-state index contributed by atoms with van der Waals surface area (Å²) in [6, 6.07) is 7.85. The van der Waals surface area contributed by atoms with Gasteiger partial charge in [-0.3, -0.25) is 0 Å². The topological polar surface area (TPSA) is 35.5 Å². The first-order chi connectivity index (χ1) is 11.9. The first-order valence-corrected chi connectivity index (χ1v) is 7.03. The summed E-state index contributed by atoms with van der Waals surface area (Å²) in [6.07, 6.45) is 0. The van der Waals surface area contributed by atoms with Gasteiger partial charge in [-0.05, 0) is 41.8 Å². The average molecular weight is 350 g/mol. The molecule has 0 aliphatic rings. The molecule has 0 aliphatic carbocycles. The minimum absolute atomic E-state index is 0.00287. The second-order valence-corrected chi connectivity index (χ2v) is 5.10. The van der Waals surface area contributed by atoms with E-state index in [4.69, 9.17) is 9.47 Å². The van der Waals surface area contributed by atoms with Gasteiger partial charge in [0, 0.05) is 11.5 Å². The number of hydrogen-bond donors (Lipinski definition) is 0. The lowest BCUT2D eigenvalue weighted by Gasteiger charge is -2.08. The van der Waals surface area contributed by atoms with Gasteiger partial charge in [-0.2, -0.15) is 0 Å². The molecule has 3 nitrogen and oxygen atoms in total. The molecular formula is C18H10F4O3. The molecule has 0 fully saturated rings. The molecule has 3 aromatic carbocycles. The molecule has 0 amide bonds. The molecule has 25 heavy (non-hydrogen) atoms. The smallest absolute Gasteiger partial charge is 0.346 e. The summed E-state index contributed by atoms with van der Waals surface area (Å²) >= 11 is 0. The highest BCUT2D eigenvalue weighted by Gasteiger charge is 2.17. The third-order valence-corrected chi connectivity index (χ3v) is 3.55. The molecule has 0 unspecified atom stereocenters. The highest BCUT2D eigenvalue weighted by Crippen LogP contribution is 2.27. The van der Waals surface area contributed by atoms with Crippen LogP contribution in [0.1, 0.15) is 10.4 Å². The normalized spacial score (nSPS) is 10.8. The summed E-state index contributed by atoms with van der Waals surface area (Å²) in [5.74, 6) is -5.97. The van der Waals surface area contributed by atoms with Crippen LogP contribution in [0.15, 0.2) is 42.5 Å². The maximum atomic E-state index is 13.9. The van der Waals surface area contributed by atoms with Gasteiger partial charge in [0.15, 0.2) is 17.5 Å². The van der Waals surface area contributed by atoms with Crippen molar-refractivity contribution in [2.45, 2.75) is 0 Å². The van der Waals surface area contributed by atoms with E-state index in [2.05, 4.69) is 0 Å². The molecule has 0 N–H and O–H groups in total. The Morgan fingerprint density at radius 1 is 0.840 bits per heavy atom. The van der Waals surface area contributed by atoms with Crippen LogP contribution < -0.4 is 9.47 Å². The van der Waals surface area contributed by atoms with E-state index in [1.165, 1.54) is 25.3 Å². The highest BCUT2D eigenvalue weighted by atomic mass is 19.2. The average Bonchev–Trinajstić information content (AvgIpc) is 2.59. The third-order valence-electron chi connectivity index (χ3n) is 3.55. The Balaban J connectivity index is 1.93. The summed E-state index contributed by atoms with van der Waals surface area (Å²) in [7, 11) is 1.35. The van der Waals surface area contributed by atoms with Gasteiger partial charge in [0.1, 0.15) is 17.3 Å². The molecule has 7 heteroatoms. The minimum atomic E-state index is -1.59. The van der Waals surface area contributed by atoms with Crippen LogP contribution in [0.25, 0.3) is 10.8 Å². The second kappa shape index (κ2) is 6.43. The number of methoxy groups -OCH3 is 1. The van der Waals surface area contributed by atoms with Crippen LogP contribution in [-0.4, -0.2) is 13.1 Å².